The number of carboxylic acids is 3. The summed E-state index contributed by atoms with van der Waals surface area (Å²) in [6, 6.07) is 7.04. The van der Waals surface area contributed by atoms with Crippen molar-refractivity contribution in [1.82, 2.24) is 66.2 Å². The molecule has 2 atom stereocenters. The number of carbonyl (C=O) groups excluding carboxylic acids is 20. The van der Waals surface area contributed by atoms with Crippen LogP contribution in [0.3, 0.4) is 0 Å². The van der Waals surface area contributed by atoms with Gasteiger partial charge in [0.2, 0.25) is 65.0 Å². The summed E-state index contributed by atoms with van der Waals surface area (Å²) in [4.78, 5) is 298. The van der Waals surface area contributed by atoms with Gasteiger partial charge in [-0.15, -0.1) is 5.10 Å². The lowest BCUT2D eigenvalue weighted by Crippen LogP contribution is -2.47. The second-order valence-electron chi connectivity index (χ2n) is 36.0. The molecule has 3 rings (SSSR count). The van der Waals surface area contributed by atoms with Gasteiger partial charge in [-0.05, 0) is 101 Å². The number of amides is 11. The van der Waals surface area contributed by atoms with E-state index in [1.165, 1.54) is 89.9 Å². The number of ether oxygens (including phenoxy) is 2. The molecule has 842 valence electrons. The van der Waals surface area contributed by atoms with Gasteiger partial charge >= 0.3 is 43.6 Å². The zero-order valence-corrected chi connectivity index (χ0v) is 88.9. The average Bonchev–Trinajstić information content (AvgIpc) is 1.68. The minimum atomic E-state index is -4.50. The van der Waals surface area contributed by atoms with E-state index >= 15 is 0 Å². The molecule has 1 aromatic carbocycles. The maximum absolute atomic E-state index is 12.9. The van der Waals surface area contributed by atoms with Crippen LogP contribution in [0.5, 0.6) is 0 Å². The largest absolute Gasteiger partial charge is 0.480 e. The zero-order chi connectivity index (χ0) is 112. The van der Waals surface area contributed by atoms with Gasteiger partial charge in [-0.25, -0.2) is 9.36 Å². The van der Waals surface area contributed by atoms with Crippen LogP contribution in [0, 0.1) is 0 Å². The van der Waals surface area contributed by atoms with E-state index in [0.717, 1.165) is 92.2 Å². The Morgan fingerprint density at radius 1 is 0.413 bits per heavy atom. The van der Waals surface area contributed by atoms with Crippen molar-refractivity contribution in [2.45, 2.75) is 330 Å². The Balaban J connectivity index is 0.00000128. The summed E-state index contributed by atoms with van der Waals surface area (Å²) in [5.41, 5.74) is 6.37. The molecule has 1 aromatic heterocycles. The number of carbonyl (C=O) groups is 23. The normalized spacial score (nSPS) is 12.1. The summed E-state index contributed by atoms with van der Waals surface area (Å²) in [6.07, 6.45) is 37.9. The van der Waals surface area contributed by atoms with E-state index in [9.17, 15) is 130 Å². The summed E-state index contributed by atoms with van der Waals surface area (Å²) in [5.74, 6) is -16.5. The second kappa shape index (κ2) is 84.1. The summed E-state index contributed by atoms with van der Waals surface area (Å²) in [5, 5.41) is 46.8. The fourth-order valence-electron chi connectivity index (χ4n) is 14.3. The number of para-hydroxylation sites is 1. The van der Waals surface area contributed by atoms with Crippen LogP contribution in [0.2, 0.25) is 0 Å². The van der Waals surface area contributed by atoms with E-state index in [2.05, 4.69) is 75.0 Å². The summed E-state index contributed by atoms with van der Waals surface area (Å²) >= 11 is 0. The monoisotopic (exact) mass is 2140 g/mol. The predicted octanol–water partition coefficient (Wildman–Crippen LogP) is 7.61. The fourth-order valence-corrected chi connectivity index (χ4v) is 15.1. The fraction of sp³-hybridized carbons (Fsp3) is 0.676. The van der Waals surface area contributed by atoms with Crippen molar-refractivity contribution in [3.8, 4) is 0 Å². The van der Waals surface area contributed by atoms with E-state index in [0.29, 0.717) is 51.4 Å². The number of rotatable bonds is 87. The van der Waals surface area contributed by atoms with Gasteiger partial charge in [0.1, 0.15) is 67.7 Å². The maximum atomic E-state index is 12.9. The molecule has 150 heavy (non-hydrogen) atoms. The summed E-state index contributed by atoms with van der Waals surface area (Å²) < 4.78 is 33.3. The molecule has 47 nitrogen and oxygen atoms in total. The third kappa shape index (κ3) is 71.9. The van der Waals surface area contributed by atoms with Crippen LogP contribution in [-0.4, -0.2) is 319 Å². The Kier molecular flexibility index (Phi) is 75.9. The maximum Gasteiger partial charge on any atom is 0.472 e. The van der Waals surface area contributed by atoms with Gasteiger partial charge in [-0.3, -0.25) is 119 Å². The number of ketones is 6. The molecule has 2 unspecified atom stereocenters. The number of likely N-dealkylation sites (tertiary alicyclic amines) is 1. The summed E-state index contributed by atoms with van der Waals surface area (Å²) in [6.45, 7) is -0.352. The van der Waals surface area contributed by atoms with E-state index in [1.54, 1.807) is 31.2 Å². The van der Waals surface area contributed by atoms with Crippen LogP contribution < -0.4 is 37.2 Å². The molecule has 1 fully saturated rings. The average molecular weight is 2140 g/mol. The van der Waals surface area contributed by atoms with Crippen molar-refractivity contribution in [3.63, 3.8) is 0 Å². The number of hydrogen-bond donors (Lipinski definition) is 10. The molecule has 11 amide bonds. The number of benzene rings is 1. The van der Waals surface area contributed by atoms with Crippen molar-refractivity contribution in [2.24, 2.45) is 5.73 Å². The molecule has 0 bridgehead atoms. The number of Topliss-reactive ketones (excluding diaryl/α,β-unsaturated/α-hetero) is 6. The first-order valence-electron chi connectivity index (χ1n) is 52.1. The number of nitrogens with two attached hydrogens (primary N) is 1. The molecular weight excluding hydrogens is 1980 g/mol. The van der Waals surface area contributed by atoms with Gasteiger partial charge in [0.15, 0.2) is 23.5 Å². The Bertz CT molecular complexity index is 4680. The van der Waals surface area contributed by atoms with Crippen LogP contribution >= 0.6 is 7.82 Å². The smallest absolute Gasteiger partial charge is 0.472 e. The lowest BCUT2D eigenvalue weighted by atomic mass is 10.1. The number of nitrogens with zero attached hydrogens (tertiary/aromatic N) is 8. The van der Waals surface area contributed by atoms with Crippen molar-refractivity contribution in [3.05, 3.63) is 48.6 Å². The quantitative estimate of drug-likeness (QED) is 0.00760. The lowest BCUT2D eigenvalue weighted by molar-refractivity contribution is -0.161. The number of aliphatic carboxylic acids is 3. The first kappa shape index (κ1) is 135. The van der Waals surface area contributed by atoms with E-state index in [-0.39, 0.29) is 140 Å². The van der Waals surface area contributed by atoms with E-state index in [1.807, 2.05) is 6.92 Å². The molecule has 2 aromatic rings. The van der Waals surface area contributed by atoms with Crippen LogP contribution in [0.4, 0.5) is 0 Å². The molecular formula is C102H161N14O33P. The van der Waals surface area contributed by atoms with E-state index in [4.69, 9.17) is 34.2 Å². The molecule has 1 aliphatic heterocycles. The van der Waals surface area contributed by atoms with E-state index < -0.39 is 230 Å². The molecule has 1 aliphatic rings. The zero-order valence-electron chi connectivity index (χ0n) is 88.0. The van der Waals surface area contributed by atoms with Gasteiger partial charge in [-0.2, -0.15) is 0 Å². The van der Waals surface area contributed by atoms with Crippen LogP contribution in [-0.2, 0) is 133 Å². The standard InChI is InChI=1S/C45H67N9O20.C44H82NO9P.C13H12N4O4/c1-3-4-6-30(56)8-12-35(61)50-20-42(68)54(28-45(73)74)25-38(64)48-18-32(58)11-15-40(66)52(26-43(69)70)22-33(59)7-5-16-47-37(63)24-51(21-29(2)55)41(67)19-49-36(62)13-9-34(60)23-53(27-44(71)72)39(65)14-10-31(57)17-46;1-4-7-9-11-13-15-17-19-21-23-25-27-29-31-33-35-43(47)51-39-41(40-53-55(49,50)52-38-37-45-42(46)6-3)54-44(48)36-34-32-30-28-26-24-22-20-18-16-14-12-10-8-5-2;18-11-5-6-12(19)16(11)8-7-13(20)21-17-10-4-2-1-3-9(10)14-15-17/h3-28,46H2,1-2H3,(H,47,63)(H,48,64)(H,49,62)(H,50,61)(H,69,70)(H,71,72)(H,73,74);19-22,41H,4-18,23-40H2,1-3H3,(H,45,46)(H,49,50);1-4H,5-8H2/b;21-19+,22-20+;. The first-order chi connectivity index (χ1) is 71.6. The molecule has 0 aliphatic carbocycles. The minimum absolute atomic E-state index is 0.0309. The minimum Gasteiger partial charge on any atom is -0.480 e. The third-order valence-electron chi connectivity index (χ3n) is 22.7. The van der Waals surface area contributed by atoms with Gasteiger partial charge < -0.3 is 86.4 Å². The van der Waals surface area contributed by atoms with Gasteiger partial charge in [0, 0.05) is 116 Å². The molecule has 0 saturated carbocycles. The number of allylic oxidation sites excluding steroid dienone is 4. The molecule has 0 radical (unpaired) electrons. The molecule has 2 heterocycles. The number of aromatic nitrogens is 3. The van der Waals surface area contributed by atoms with Gasteiger partial charge in [0.25, 0.3) is 0 Å². The second-order valence-corrected chi connectivity index (χ2v) is 37.5. The Hall–Kier alpha value is -12.6. The number of esters is 2. The highest BCUT2D eigenvalue weighted by molar-refractivity contribution is 7.47. The number of fused-ring (bicyclic) bond motifs is 1. The molecule has 0 spiro atoms. The Morgan fingerprint density at radius 2 is 0.840 bits per heavy atom. The van der Waals surface area contributed by atoms with Crippen molar-refractivity contribution < 1.29 is 158 Å². The highest BCUT2D eigenvalue weighted by Crippen LogP contribution is 2.43. The van der Waals surface area contributed by atoms with Gasteiger partial charge in [0.05, 0.1) is 65.4 Å². The number of hydrogen-bond acceptors (Lipinski definition) is 32. The van der Waals surface area contributed by atoms with Crippen LogP contribution in [0.25, 0.3) is 11.0 Å². The molecule has 1 saturated heterocycles. The first-order valence-corrected chi connectivity index (χ1v) is 53.6. The van der Waals surface area contributed by atoms with Crippen LogP contribution in [0.1, 0.15) is 324 Å². The Morgan fingerprint density at radius 3 is 1.33 bits per heavy atom. The number of nitrogens with one attached hydrogen (secondary N) is 5. The highest BCUT2D eigenvalue weighted by atomic mass is 31.2. The number of imide groups is 1. The predicted molar refractivity (Wildman–Crippen MR) is 546 cm³/mol. The lowest BCUT2D eigenvalue weighted by Gasteiger charge is -2.21. The van der Waals surface area contributed by atoms with Crippen molar-refractivity contribution in [1.29, 1.82) is 0 Å². The molecule has 48 heteroatoms. The van der Waals surface area contributed by atoms with Crippen molar-refractivity contribution in [2.75, 3.05) is 118 Å². The van der Waals surface area contributed by atoms with Crippen LogP contribution in [0.15, 0.2) is 48.6 Å². The number of phosphoric acid groups is 1. The van der Waals surface area contributed by atoms with Crippen molar-refractivity contribution >= 4 is 154 Å². The number of unbranched alkanes of at least 4 members (excludes halogenated alkanes) is 23. The Labute approximate surface area is 876 Å². The number of phosphoric ester groups is 1. The highest BCUT2D eigenvalue weighted by Gasteiger charge is 2.32. The topological polar surface area (TPSA) is 670 Å². The van der Waals surface area contributed by atoms with Gasteiger partial charge in [-0.1, -0.05) is 178 Å². The molecule has 11 N–H and O–H groups in total. The third-order valence-corrected chi connectivity index (χ3v) is 23.7. The summed E-state index contributed by atoms with van der Waals surface area (Å²) in [7, 11) is -4.50. The SMILES string of the molecule is CCCCC(=O)CCC(=O)NCC(=O)N(CC(=O)O)CC(=O)NCC(=O)CCC(=O)N(CC(=O)O)CC(=O)CCCNC(=O)CN(CC(C)=O)C(=O)CNC(=O)CCC(=O)CN(CC(=O)O)C(=O)CCC(=O)CN.CCCCCCCC/C=C/CCCCCCCC(=O)OCC(COP(=O)(O)OCCNC(=O)CC)OC(=O)CCCCCCC/C=C/CCCCCCCC.O=C(CCN1C(=O)CCC1=O)On1nnc2ccccc21. The number of carboxylic acid groups (broad SMARTS) is 3.